The van der Waals surface area contributed by atoms with Gasteiger partial charge in [0.2, 0.25) is 0 Å². The summed E-state index contributed by atoms with van der Waals surface area (Å²) in [7, 11) is 1.62. The van der Waals surface area contributed by atoms with E-state index in [0.717, 1.165) is 5.56 Å². The van der Waals surface area contributed by atoms with Crippen LogP contribution in [0.4, 0.5) is 8.78 Å². The van der Waals surface area contributed by atoms with E-state index in [-0.39, 0.29) is 30.8 Å². The lowest BCUT2D eigenvalue weighted by atomic mass is 10.2. The highest BCUT2D eigenvalue weighted by atomic mass is 19.3. The molecule has 0 aliphatic carbocycles. The molecule has 12 heteroatoms. The number of amides is 2. The van der Waals surface area contributed by atoms with E-state index in [2.05, 4.69) is 20.7 Å². The van der Waals surface area contributed by atoms with Gasteiger partial charge in [-0.1, -0.05) is 30.3 Å². The predicted molar refractivity (Wildman–Crippen MR) is 127 cm³/mol. The zero-order valence-electron chi connectivity index (χ0n) is 19.5. The van der Waals surface area contributed by atoms with Crippen molar-refractivity contribution in [3.8, 4) is 0 Å². The number of alkyl halides is 2. The number of likely N-dealkylation sites (N-methyl/N-ethyl adjacent to an activating group) is 1. The third kappa shape index (κ3) is 6.20. The van der Waals surface area contributed by atoms with Crippen molar-refractivity contribution in [2.24, 2.45) is 15.7 Å². The lowest BCUT2D eigenvalue weighted by Gasteiger charge is -2.26. The quantitative estimate of drug-likeness (QED) is 0.391. The Labute approximate surface area is 202 Å². The number of hydrogen-bond donors (Lipinski definition) is 3. The zero-order valence-corrected chi connectivity index (χ0v) is 19.5. The molecule has 10 nitrogen and oxygen atoms in total. The van der Waals surface area contributed by atoms with E-state index in [1.54, 1.807) is 11.9 Å². The van der Waals surface area contributed by atoms with Gasteiger partial charge in [0.25, 0.3) is 17.7 Å². The molecular weight excluding hydrogens is 458 g/mol. The normalized spacial score (nSPS) is 25.1. The van der Waals surface area contributed by atoms with Crippen LogP contribution in [0, 0.1) is 0 Å². The van der Waals surface area contributed by atoms with E-state index < -0.39 is 17.9 Å². The van der Waals surface area contributed by atoms with Crippen LogP contribution in [0.25, 0.3) is 0 Å². The average Bonchev–Trinajstić information content (AvgIpc) is 3.37. The molecule has 3 heterocycles. The average molecular weight is 489 g/mol. The second kappa shape index (κ2) is 10.5. The van der Waals surface area contributed by atoms with Crippen LogP contribution in [0.3, 0.4) is 0 Å². The van der Waals surface area contributed by atoms with Crippen molar-refractivity contribution in [1.82, 2.24) is 25.6 Å². The van der Waals surface area contributed by atoms with E-state index in [0.29, 0.717) is 38.4 Å². The van der Waals surface area contributed by atoms with Gasteiger partial charge in [-0.15, -0.1) is 0 Å². The number of hydrazine groups is 1. The Bertz CT molecular complexity index is 1030. The maximum atomic E-state index is 13.5. The number of benzene rings is 1. The largest absolute Gasteiger partial charge is 0.379 e. The number of aliphatic imine (C=N–C) groups is 2. The molecule has 0 spiro atoms. The Morgan fingerprint density at radius 1 is 1.31 bits per heavy atom. The molecule has 2 saturated heterocycles. The molecule has 2 atom stereocenters. The van der Waals surface area contributed by atoms with Crippen LogP contribution in [0.5, 0.6) is 0 Å². The number of carbonyl (C=O) groups excluding carboxylic acids is 2. The first kappa shape index (κ1) is 24.7. The van der Waals surface area contributed by atoms with Gasteiger partial charge in [-0.2, -0.15) is 0 Å². The summed E-state index contributed by atoms with van der Waals surface area (Å²) < 4.78 is 27.0. The van der Waals surface area contributed by atoms with Crippen LogP contribution >= 0.6 is 0 Å². The maximum absolute atomic E-state index is 13.5. The molecule has 0 bridgehead atoms. The third-order valence-corrected chi connectivity index (χ3v) is 6.20. The molecule has 2 amide bonds. The minimum absolute atomic E-state index is 0.134. The maximum Gasteiger partial charge on any atom is 0.287 e. The van der Waals surface area contributed by atoms with Crippen molar-refractivity contribution in [2.75, 3.05) is 33.2 Å². The van der Waals surface area contributed by atoms with Gasteiger partial charge in [-0.05, 0) is 18.1 Å². The molecule has 188 valence electrons. The first-order valence-electron chi connectivity index (χ1n) is 11.5. The number of nitrogens with one attached hydrogen (secondary N) is 2. The van der Waals surface area contributed by atoms with Crippen molar-refractivity contribution < 1.29 is 18.4 Å². The molecule has 0 aromatic heterocycles. The van der Waals surface area contributed by atoms with E-state index >= 15 is 0 Å². The van der Waals surface area contributed by atoms with Gasteiger partial charge in [0.15, 0.2) is 5.84 Å². The fourth-order valence-corrected chi connectivity index (χ4v) is 4.37. The van der Waals surface area contributed by atoms with Gasteiger partial charge in [0, 0.05) is 33.1 Å². The second-order valence-electron chi connectivity index (χ2n) is 8.92. The van der Waals surface area contributed by atoms with Crippen molar-refractivity contribution >= 4 is 24.0 Å². The molecule has 2 unspecified atom stereocenters. The predicted octanol–water partition coefficient (Wildman–Crippen LogP) is 0.290. The van der Waals surface area contributed by atoms with E-state index in [1.807, 2.05) is 41.4 Å². The molecule has 4 rings (SSSR count). The first-order chi connectivity index (χ1) is 16.7. The van der Waals surface area contributed by atoms with Crippen LogP contribution in [-0.2, 0) is 16.1 Å². The summed E-state index contributed by atoms with van der Waals surface area (Å²) in [6, 6.07) is 8.60. The molecule has 35 heavy (non-hydrogen) atoms. The minimum Gasteiger partial charge on any atom is -0.379 e. The summed E-state index contributed by atoms with van der Waals surface area (Å²) in [5, 5.41) is 4.46. The molecule has 4 N–H and O–H groups in total. The smallest absolute Gasteiger partial charge is 0.287 e. The molecular formula is C23H30F2N8O2. The highest BCUT2D eigenvalue weighted by Crippen LogP contribution is 2.28. The molecule has 3 aliphatic rings. The SMILES string of the molecule is CN1C(=O)C(NC(=O)C(N)=NC=NCc2ccccc2)CCN2NC(CN3CCC(F)(F)C3)C=C21. The molecule has 0 radical (unpaired) electrons. The number of amidine groups is 1. The fourth-order valence-electron chi connectivity index (χ4n) is 4.37. The van der Waals surface area contributed by atoms with Gasteiger partial charge < -0.3 is 11.1 Å². The number of carbonyl (C=O) groups is 2. The molecule has 2 fully saturated rings. The number of rotatable bonds is 6. The van der Waals surface area contributed by atoms with Crippen molar-refractivity contribution in [3.63, 3.8) is 0 Å². The topological polar surface area (TPSA) is 119 Å². The van der Waals surface area contributed by atoms with Crippen molar-refractivity contribution in [3.05, 3.63) is 47.8 Å². The van der Waals surface area contributed by atoms with Gasteiger partial charge in [0.05, 0.1) is 19.1 Å². The van der Waals surface area contributed by atoms with E-state index in [1.165, 1.54) is 11.2 Å². The Kier molecular flexibility index (Phi) is 7.41. The van der Waals surface area contributed by atoms with Crippen LogP contribution < -0.4 is 16.5 Å². The van der Waals surface area contributed by atoms with Crippen LogP contribution in [0.2, 0.25) is 0 Å². The number of halogens is 2. The second-order valence-corrected chi connectivity index (χ2v) is 8.92. The van der Waals surface area contributed by atoms with Crippen LogP contribution in [-0.4, -0.2) is 90.0 Å². The lowest BCUT2D eigenvalue weighted by molar-refractivity contribution is -0.132. The Morgan fingerprint density at radius 2 is 2.09 bits per heavy atom. The number of nitrogens with zero attached hydrogens (tertiary/aromatic N) is 5. The van der Waals surface area contributed by atoms with Crippen molar-refractivity contribution in [1.29, 1.82) is 0 Å². The van der Waals surface area contributed by atoms with Crippen molar-refractivity contribution in [2.45, 2.75) is 37.4 Å². The highest BCUT2D eigenvalue weighted by molar-refractivity contribution is 6.38. The van der Waals surface area contributed by atoms with E-state index in [9.17, 15) is 18.4 Å². The fraction of sp³-hybridized carbons (Fsp3) is 0.478. The van der Waals surface area contributed by atoms with Gasteiger partial charge >= 0.3 is 0 Å². The Balaban J connectivity index is 1.31. The summed E-state index contributed by atoms with van der Waals surface area (Å²) in [5.74, 6) is -3.25. The summed E-state index contributed by atoms with van der Waals surface area (Å²) in [5.41, 5.74) is 10.0. The van der Waals surface area contributed by atoms with E-state index in [4.69, 9.17) is 5.73 Å². The van der Waals surface area contributed by atoms with Gasteiger partial charge in [-0.25, -0.2) is 19.2 Å². The number of likely N-dealkylation sites (tertiary alicyclic amines) is 1. The van der Waals surface area contributed by atoms with Gasteiger partial charge in [0.1, 0.15) is 18.2 Å². The standard InChI is InChI=1S/C23H30F2N8O2/c1-31-19-11-17(13-32-10-8-23(24,25)14-32)30-33(19)9-7-18(22(31)35)29-21(34)20(26)28-15-27-12-16-5-3-2-4-6-16/h2-6,11,15,17-18,30H,7-10,12-14H2,1H3,(H,29,34)(H2,26,27,28). The Hall–Kier alpha value is -3.38. The van der Waals surface area contributed by atoms with Gasteiger partial charge in [-0.3, -0.25) is 29.4 Å². The Morgan fingerprint density at radius 3 is 2.80 bits per heavy atom. The summed E-state index contributed by atoms with van der Waals surface area (Å²) in [6.45, 7) is 1.37. The molecule has 1 aromatic rings. The van der Waals surface area contributed by atoms with Crippen LogP contribution in [0.1, 0.15) is 18.4 Å². The third-order valence-electron chi connectivity index (χ3n) is 6.20. The van der Waals surface area contributed by atoms with Crippen LogP contribution in [0.15, 0.2) is 52.2 Å². The minimum atomic E-state index is -2.65. The first-order valence-corrected chi connectivity index (χ1v) is 11.5. The summed E-state index contributed by atoms with van der Waals surface area (Å²) in [6.07, 6.45) is 3.29. The molecule has 3 aliphatic heterocycles. The molecule has 1 aromatic carbocycles. The lowest BCUT2D eigenvalue weighted by Crippen LogP contribution is -2.49. The number of nitrogens with two attached hydrogens (primary N) is 1. The number of fused-ring (bicyclic) bond motifs is 1. The number of hydrogen-bond acceptors (Lipinski definition) is 6. The highest BCUT2D eigenvalue weighted by Gasteiger charge is 2.41. The summed E-state index contributed by atoms with van der Waals surface area (Å²) >= 11 is 0. The zero-order chi connectivity index (χ0) is 25.0. The summed E-state index contributed by atoms with van der Waals surface area (Å²) in [4.78, 5) is 36.6. The molecule has 0 saturated carbocycles. The monoisotopic (exact) mass is 488 g/mol.